The van der Waals surface area contributed by atoms with Gasteiger partial charge in [-0.25, -0.2) is 4.98 Å². The zero-order valence-corrected chi connectivity index (χ0v) is 7.87. The molecule has 0 atom stereocenters. The van der Waals surface area contributed by atoms with Gasteiger partial charge in [-0.15, -0.1) is 5.10 Å². The van der Waals surface area contributed by atoms with Gasteiger partial charge in [0.2, 0.25) is 0 Å². The number of nitrogens with zero attached hydrogens (tertiary/aromatic N) is 3. The molecule has 0 spiro atoms. The van der Waals surface area contributed by atoms with Gasteiger partial charge in [0.25, 0.3) is 0 Å². The molecule has 0 amide bonds. The van der Waals surface area contributed by atoms with Crippen LogP contribution in [0.4, 0.5) is 0 Å². The summed E-state index contributed by atoms with van der Waals surface area (Å²) < 4.78 is 0. The first kappa shape index (κ1) is 8.60. The predicted octanol–water partition coefficient (Wildman–Crippen LogP) is 1.92. The van der Waals surface area contributed by atoms with E-state index in [1.165, 1.54) is 32.1 Å². The highest BCUT2D eigenvalue weighted by atomic mass is 15.1. The van der Waals surface area contributed by atoms with Gasteiger partial charge in [0.1, 0.15) is 0 Å². The van der Waals surface area contributed by atoms with Crippen molar-refractivity contribution < 1.29 is 0 Å². The molecular weight excluding hydrogens is 162 g/mol. The summed E-state index contributed by atoms with van der Waals surface area (Å²) in [5.74, 6) is 0.930. The molecule has 70 valence electrons. The van der Waals surface area contributed by atoms with Crippen molar-refractivity contribution in [1.82, 2.24) is 15.2 Å². The van der Waals surface area contributed by atoms with Crippen molar-refractivity contribution in [3.63, 3.8) is 0 Å². The Labute approximate surface area is 78.6 Å². The lowest BCUT2D eigenvalue weighted by Crippen LogP contribution is -2.03. The molecule has 0 unspecified atom stereocenters. The van der Waals surface area contributed by atoms with Crippen molar-refractivity contribution in [3.8, 4) is 0 Å². The lowest BCUT2D eigenvalue weighted by molar-refractivity contribution is 0.581. The Bertz CT molecular complexity index is 249. The Balaban J connectivity index is 2.13. The SMILES string of the molecule is c1nnc2nc1CCCCCCC2. The van der Waals surface area contributed by atoms with Gasteiger partial charge in [-0.1, -0.05) is 19.3 Å². The minimum atomic E-state index is 0.930. The number of fused-ring (bicyclic) bond motifs is 2. The fourth-order valence-corrected chi connectivity index (χ4v) is 1.73. The standard InChI is InChI=1S/C10H15N3/c1-2-4-6-9-8-11-13-10(12-9)7-5-3-1/h8H,1-7H2. The maximum atomic E-state index is 4.46. The van der Waals surface area contributed by atoms with Crippen molar-refractivity contribution in [2.24, 2.45) is 0 Å². The molecule has 3 nitrogen and oxygen atoms in total. The van der Waals surface area contributed by atoms with Gasteiger partial charge < -0.3 is 0 Å². The van der Waals surface area contributed by atoms with Gasteiger partial charge in [-0.2, -0.15) is 5.10 Å². The van der Waals surface area contributed by atoms with Crippen LogP contribution >= 0.6 is 0 Å². The number of aromatic nitrogens is 3. The second kappa shape index (κ2) is 4.30. The normalized spacial score (nSPS) is 18.2. The zero-order chi connectivity index (χ0) is 8.93. The fraction of sp³-hybridized carbons (Fsp3) is 0.700. The lowest BCUT2D eigenvalue weighted by atomic mass is 10.1. The third-order valence-corrected chi connectivity index (χ3v) is 2.49. The highest BCUT2D eigenvalue weighted by Gasteiger charge is 2.03. The van der Waals surface area contributed by atoms with Crippen LogP contribution in [0.1, 0.15) is 43.6 Å². The van der Waals surface area contributed by atoms with E-state index in [0.717, 1.165) is 24.4 Å². The summed E-state index contributed by atoms with van der Waals surface area (Å²) in [6.45, 7) is 0. The Morgan fingerprint density at radius 2 is 1.69 bits per heavy atom. The first-order valence-corrected chi connectivity index (χ1v) is 5.12. The first-order valence-electron chi connectivity index (χ1n) is 5.12. The summed E-state index contributed by atoms with van der Waals surface area (Å²) in [6.07, 6.45) is 10.3. The maximum absolute atomic E-state index is 4.46. The van der Waals surface area contributed by atoms with Gasteiger partial charge in [-0.3, -0.25) is 0 Å². The summed E-state index contributed by atoms with van der Waals surface area (Å²) in [5.41, 5.74) is 1.12. The number of rotatable bonds is 0. The molecular formula is C10H15N3. The van der Waals surface area contributed by atoms with Crippen molar-refractivity contribution >= 4 is 0 Å². The summed E-state index contributed by atoms with van der Waals surface area (Å²) in [7, 11) is 0. The summed E-state index contributed by atoms with van der Waals surface area (Å²) in [5, 5.41) is 7.99. The van der Waals surface area contributed by atoms with Gasteiger partial charge in [0.05, 0.1) is 11.9 Å². The van der Waals surface area contributed by atoms with Crippen LogP contribution in [0.2, 0.25) is 0 Å². The molecule has 13 heavy (non-hydrogen) atoms. The van der Waals surface area contributed by atoms with Gasteiger partial charge in [-0.05, 0) is 19.3 Å². The molecule has 1 aliphatic rings. The monoisotopic (exact) mass is 177 g/mol. The average molecular weight is 177 g/mol. The van der Waals surface area contributed by atoms with E-state index in [1.54, 1.807) is 6.20 Å². The topological polar surface area (TPSA) is 38.7 Å². The molecule has 2 rings (SSSR count). The second-order valence-corrected chi connectivity index (χ2v) is 3.63. The van der Waals surface area contributed by atoms with E-state index in [9.17, 15) is 0 Å². The molecule has 0 aliphatic carbocycles. The van der Waals surface area contributed by atoms with Crippen LogP contribution in [-0.2, 0) is 12.8 Å². The second-order valence-electron chi connectivity index (χ2n) is 3.63. The summed E-state index contributed by atoms with van der Waals surface area (Å²) in [6, 6.07) is 0. The highest BCUT2D eigenvalue weighted by Crippen LogP contribution is 2.11. The van der Waals surface area contributed by atoms with Crippen molar-refractivity contribution in [2.75, 3.05) is 0 Å². The fourth-order valence-electron chi connectivity index (χ4n) is 1.73. The maximum Gasteiger partial charge on any atom is 0.151 e. The first-order chi connectivity index (χ1) is 6.45. The minimum Gasteiger partial charge on any atom is -0.234 e. The Morgan fingerprint density at radius 1 is 0.923 bits per heavy atom. The van der Waals surface area contributed by atoms with Crippen molar-refractivity contribution in [2.45, 2.75) is 44.9 Å². The van der Waals surface area contributed by atoms with E-state index >= 15 is 0 Å². The number of aryl methyl sites for hydroxylation is 2. The molecule has 0 fully saturated rings. The quantitative estimate of drug-likeness (QED) is 0.607. The molecule has 0 saturated carbocycles. The largest absolute Gasteiger partial charge is 0.234 e. The molecule has 0 aromatic carbocycles. The minimum absolute atomic E-state index is 0.930. The van der Waals surface area contributed by atoms with Crippen LogP contribution in [0.15, 0.2) is 6.20 Å². The van der Waals surface area contributed by atoms with E-state index in [0.29, 0.717) is 0 Å². The van der Waals surface area contributed by atoms with E-state index in [-0.39, 0.29) is 0 Å². The van der Waals surface area contributed by atoms with E-state index in [2.05, 4.69) is 15.2 Å². The Hall–Kier alpha value is -0.990. The average Bonchev–Trinajstić information content (AvgIpc) is 2.17. The van der Waals surface area contributed by atoms with Crippen LogP contribution in [0, 0.1) is 0 Å². The molecule has 0 N–H and O–H groups in total. The van der Waals surface area contributed by atoms with Crippen molar-refractivity contribution in [1.29, 1.82) is 0 Å². The molecule has 1 aromatic rings. The smallest absolute Gasteiger partial charge is 0.151 e. The lowest BCUT2D eigenvalue weighted by Gasteiger charge is -2.06. The van der Waals surface area contributed by atoms with E-state index in [1.807, 2.05) is 0 Å². The number of hydrogen-bond acceptors (Lipinski definition) is 3. The zero-order valence-electron chi connectivity index (χ0n) is 7.87. The van der Waals surface area contributed by atoms with Crippen LogP contribution in [0.25, 0.3) is 0 Å². The Kier molecular flexibility index (Phi) is 2.85. The molecule has 0 radical (unpaired) electrons. The Morgan fingerprint density at radius 3 is 2.62 bits per heavy atom. The van der Waals surface area contributed by atoms with Crippen LogP contribution in [0.5, 0.6) is 0 Å². The summed E-state index contributed by atoms with van der Waals surface area (Å²) >= 11 is 0. The molecule has 2 heterocycles. The molecule has 1 aliphatic heterocycles. The predicted molar refractivity (Wildman–Crippen MR) is 50.3 cm³/mol. The number of hydrogen-bond donors (Lipinski definition) is 0. The molecule has 0 saturated heterocycles. The van der Waals surface area contributed by atoms with Gasteiger partial charge >= 0.3 is 0 Å². The molecule has 3 heteroatoms. The van der Waals surface area contributed by atoms with E-state index < -0.39 is 0 Å². The van der Waals surface area contributed by atoms with Crippen LogP contribution in [-0.4, -0.2) is 15.2 Å². The molecule has 2 bridgehead atoms. The van der Waals surface area contributed by atoms with Crippen molar-refractivity contribution in [3.05, 3.63) is 17.7 Å². The summed E-state index contributed by atoms with van der Waals surface area (Å²) in [4.78, 5) is 4.46. The third-order valence-electron chi connectivity index (χ3n) is 2.49. The van der Waals surface area contributed by atoms with Gasteiger partial charge in [0.15, 0.2) is 5.82 Å². The molecule has 1 aromatic heterocycles. The van der Waals surface area contributed by atoms with Crippen LogP contribution in [0.3, 0.4) is 0 Å². The van der Waals surface area contributed by atoms with Gasteiger partial charge in [0, 0.05) is 6.42 Å². The van der Waals surface area contributed by atoms with Crippen LogP contribution < -0.4 is 0 Å². The van der Waals surface area contributed by atoms with E-state index in [4.69, 9.17) is 0 Å². The third kappa shape index (κ3) is 2.47. The highest BCUT2D eigenvalue weighted by molar-refractivity contribution is 4.97.